The average Bonchev–Trinajstić information content (AvgIpc) is 2.75. The summed E-state index contributed by atoms with van der Waals surface area (Å²) in [6.45, 7) is 0. The highest BCUT2D eigenvalue weighted by molar-refractivity contribution is 7.93. The number of halogens is 3. The molecule has 0 amide bonds. The van der Waals surface area contributed by atoms with Crippen LogP contribution in [0.15, 0.2) is 0 Å². The maximum atomic E-state index is 12.2. The number of rotatable bonds is 1. The molecule has 0 radical (unpaired) electrons. The van der Waals surface area contributed by atoms with Gasteiger partial charge in [0.1, 0.15) is 0 Å². The Morgan fingerprint density at radius 3 is 1.79 bits per heavy atom. The molecule has 2 rings (SSSR count). The number of fused-ring (bicyclic) bond motifs is 1. The van der Waals surface area contributed by atoms with E-state index in [-0.39, 0.29) is 11.8 Å². The van der Waals surface area contributed by atoms with Crippen LogP contribution in [-0.2, 0) is 9.84 Å². The van der Waals surface area contributed by atoms with Crippen molar-refractivity contribution < 1.29 is 21.6 Å². The Bertz CT molecular complexity index is 321. The first-order valence-corrected chi connectivity index (χ1v) is 6.20. The topological polar surface area (TPSA) is 34.1 Å². The number of hydrogen-bond donors (Lipinski definition) is 0. The molecule has 2 aliphatic rings. The first-order valence-electron chi connectivity index (χ1n) is 4.66. The van der Waals surface area contributed by atoms with Crippen molar-refractivity contribution in [3.8, 4) is 0 Å². The summed E-state index contributed by atoms with van der Waals surface area (Å²) in [6.07, 6.45) is 3.02. The maximum Gasteiger partial charge on any atom is 0.497 e. The van der Waals surface area contributed by atoms with E-state index in [2.05, 4.69) is 0 Å². The van der Waals surface area contributed by atoms with Gasteiger partial charge in [-0.2, -0.15) is 13.2 Å². The highest BCUT2D eigenvalue weighted by atomic mass is 32.2. The SMILES string of the molecule is O=S(=O)(C1C2CCCCC21)C(F)(F)F. The van der Waals surface area contributed by atoms with Crippen LogP contribution in [0.3, 0.4) is 0 Å². The lowest BCUT2D eigenvalue weighted by Crippen LogP contribution is -2.28. The maximum absolute atomic E-state index is 12.2. The van der Waals surface area contributed by atoms with Crippen molar-refractivity contribution in [3.63, 3.8) is 0 Å². The van der Waals surface area contributed by atoms with Crippen molar-refractivity contribution in [2.75, 3.05) is 0 Å². The lowest BCUT2D eigenvalue weighted by molar-refractivity contribution is -0.0439. The van der Waals surface area contributed by atoms with E-state index in [4.69, 9.17) is 0 Å². The zero-order valence-corrected chi connectivity index (χ0v) is 8.24. The smallest absolute Gasteiger partial charge is 0.219 e. The molecule has 2 nitrogen and oxygen atoms in total. The van der Waals surface area contributed by atoms with Crippen LogP contribution in [0.5, 0.6) is 0 Å². The van der Waals surface area contributed by atoms with Gasteiger partial charge in [-0.3, -0.25) is 0 Å². The predicted molar refractivity (Wildman–Crippen MR) is 44.2 cm³/mol. The molecule has 0 aliphatic heterocycles. The highest BCUT2D eigenvalue weighted by Crippen LogP contribution is 2.56. The van der Waals surface area contributed by atoms with Crippen LogP contribution < -0.4 is 0 Å². The minimum atomic E-state index is -5.06. The van der Waals surface area contributed by atoms with Gasteiger partial charge in [-0.15, -0.1) is 0 Å². The molecule has 82 valence electrons. The van der Waals surface area contributed by atoms with Crippen LogP contribution in [0.25, 0.3) is 0 Å². The van der Waals surface area contributed by atoms with Crippen LogP contribution in [0, 0.1) is 11.8 Å². The van der Waals surface area contributed by atoms with Crippen molar-refractivity contribution in [1.29, 1.82) is 0 Å². The van der Waals surface area contributed by atoms with Gasteiger partial charge in [-0.25, -0.2) is 8.42 Å². The molecule has 2 saturated carbocycles. The molecule has 14 heavy (non-hydrogen) atoms. The van der Waals surface area contributed by atoms with Crippen molar-refractivity contribution in [2.24, 2.45) is 11.8 Å². The summed E-state index contributed by atoms with van der Waals surface area (Å²) in [6, 6.07) is 0. The molecule has 0 bridgehead atoms. The molecule has 2 unspecified atom stereocenters. The summed E-state index contributed by atoms with van der Waals surface area (Å²) in [7, 11) is -4.89. The molecule has 6 heteroatoms. The van der Waals surface area contributed by atoms with Gasteiger partial charge in [0.15, 0.2) is 0 Å². The monoisotopic (exact) mass is 228 g/mol. The summed E-state index contributed by atoms with van der Waals surface area (Å²) in [5.41, 5.74) is -5.06. The standard InChI is InChI=1S/C8H11F3O2S/c9-8(10,11)14(12,13)7-5-3-1-2-4-6(5)7/h5-7H,1-4H2. The zero-order chi connectivity index (χ0) is 10.6. The second-order valence-corrected chi connectivity index (χ2v) is 6.16. The third-order valence-electron chi connectivity index (χ3n) is 3.26. The first-order chi connectivity index (χ1) is 6.36. The van der Waals surface area contributed by atoms with Gasteiger partial charge in [-0.05, 0) is 24.7 Å². The molecule has 0 N–H and O–H groups in total. The highest BCUT2D eigenvalue weighted by Gasteiger charge is 2.65. The first kappa shape index (κ1) is 10.3. The van der Waals surface area contributed by atoms with Gasteiger partial charge in [-0.1, -0.05) is 12.8 Å². The fraction of sp³-hybridized carbons (Fsp3) is 1.00. The van der Waals surface area contributed by atoms with Gasteiger partial charge in [0, 0.05) is 0 Å². The Morgan fingerprint density at radius 2 is 1.43 bits per heavy atom. The lowest BCUT2D eigenvalue weighted by atomic mass is 10.0. The molecule has 2 fully saturated rings. The van der Waals surface area contributed by atoms with Crippen molar-refractivity contribution in [2.45, 2.75) is 36.4 Å². The summed E-state index contributed by atoms with van der Waals surface area (Å²) in [5.74, 6) is -0.425. The normalized spacial score (nSPS) is 37.8. The van der Waals surface area contributed by atoms with E-state index in [1.807, 2.05) is 0 Å². The van der Waals surface area contributed by atoms with Gasteiger partial charge in [0.05, 0.1) is 5.25 Å². The third-order valence-corrected chi connectivity index (χ3v) is 5.32. The van der Waals surface area contributed by atoms with Crippen LogP contribution >= 0.6 is 0 Å². The Balaban J connectivity index is 2.19. The van der Waals surface area contributed by atoms with E-state index in [0.717, 1.165) is 12.8 Å². The molecule has 0 aromatic heterocycles. The second-order valence-electron chi connectivity index (χ2n) is 4.07. The fourth-order valence-electron chi connectivity index (χ4n) is 2.54. The summed E-state index contributed by atoms with van der Waals surface area (Å²) >= 11 is 0. The van der Waals surface area contributed by atoms with Crippen LogP contribution in [0.1, 0.15) is 25.7 Å². The summed E-state index contributed by atoms with van der Waals surface area (Å²) in [4.78, 5) is 0. The third kappa shape index (κ3) is 1.34. The van der Waals surface area contributed by atoms with E-state index >= 15 is 0 Å². The Morgan fingerprint density at radius 1 is 1.00 bits per heavy atom. The van der Waals surface area contributed by atoms with E-state index in [9.17, 15) is 21.6 Å². The Hall–Kier alpha value is -0.260. The Labute approximate surface area is 80.4 Å². The van der Waals surface area contributed by atoms with Crippen LogP contribution in [0.2, 0.25) is 0 Å². The molecule has 2 aliphatic carbocycles. The number of hydrogen-bond acceptors (Lipinski definition) is 2. The molecular weight excluding hydrogens is 217 g/mol. The number of sulfone groups is 1. The second kappa shape index (κ2) is 2.87. The summed E-state index contributed by atoms with van der Waals surface area (Å²) < 4.78 is 58.6. The van der Waals surface area contributed by atoms with Crippen molar-refractivity contribution >= 4 is 9.84 Å². The average molecular weight is 228 g/mol. The van der Waals surface area contributed by atoms with Gasteiger partial charge >= 0.3 is 5.51 Å². The largest absolute Gasteiger partial charge is 0.497 e. The fourth-order valence-corrected chi connectivity index (χ4v) is 4.36. The van der Waals surface area contributed by atoms with E-state index in [0.29, 0.717) is 12.8 Å². The minimum absolute atomic E-state index is 0.213. The van der Waals surface area contributed by atoms with E-state index < -0.39 is 20.6 Å². The lowest BCUT2D eigenvalue weighted by Gasteiger charge is -2.06. The molecule has 2 atom stereocenters. The molecular formula is C8H11F3O2S. The van der Waals surface area contributed by atoms with Crippen molar-refractivity contribution in [1.82, 2.24) is 0 Å². The summed E-state index contributed by atoms with van der Waals surface area (Å²) in [5, 5.41) is -1.12. The van der Waals surface area contributed by atoms with Crippen LogP contribution in [-0.4, -0.2) is 19.2 Å². The van der Waals surface area contributed by atoms with Crippen LogP contribution in [0.4, 0.5) is 13.2 Å². The molecule has 0 aromatic rings. The number of alkyl halides is 3. The predicted octanol–water partition coefficient (Wildman–Crippen LogP) is 2.11. The van der Waals surface area contributed by atoms with Gasteiger partial charge in [0.25, 0.3) is 9.84 Å². The molecule has 0 saturated heterocycles. The van der Waals surface area contributed by atoms with E-state index in [1.165, 1.54) is 0 Å². The zero-order valence-electron chi connectivity index (χ0n) is 7.42. The minimum Gasteiger partial charge on any atom is -0.219 e. The van der Waals surface area contributed by atoms with Crippen molar-refractivity contribution in [3.05, 3.63) is 0 Å². The van der Waals surface area contributed by atoms with E-state index in [1.54, 1.807) is 0 Å². The van der Waals surface area contributed by atoms with Gasteiger partial charge in [0.2, 0.25) is 0 Å². The Kier molecular flexibility index (Phi) is 2.10. The molecule has 0 aromatic carbocycles. The molecule has 0 heterocycles. The van der Waals surface area contributed by atoms with Gasteiger partial charge < -0.3 is 0 Å². The quantitative estimate of drug-likeness (QED) is 0.688. The molecule has 0 spiro atoms.